The van der Waals surface area contributed by atoms with Gasteiger partial charge in [0, 0.05) is 37.4 Å². The van der Waals surface area contributed by atoms with Crippen LogP contribution in [0.1, 0.15) is 31.4 Å². The number of likely N-dealkylation sites (N-methyl/N-ethyl adjacent to an activating group) is 1. The number of halogens is 1. The van der Waals surface area contributed by atoms with Crippen LogP contribution in [-0.2, 0) is 18.9 Å². The monoisotopic (exact) mass is 556 g/mol. The smallest absolute Gasteiger partial charge is 0.406 e. The van der Waals surface area contributed by atoms with Gasteiger partial charge in [-0.1, -0.05) is 23.7 Å². The highest BCUT2D eigenvalue weighted by Crippen LogP contribution is 2.28. The van der Waals surface area contributed by atoms with E-state index in [9.17, 15) is 14.7 Å². The molecular formula is C26H41ClN4O7. The number of hydrogen-bond acceptors (Lipinski definition) is 8. The first-order valence-corrected chi connectivity index (χ1v) is 13.5. The minimum Gasteiger partial charge on any atom is -0.453 e. The lowest BCUT2D eigenvalue weighted by Gasteiger charge is -2.39. The quantitative estimate of drug-likeness (QED) is 0.304. The molecule has 4 N–H and O–H groups in total. The first-order chi connectivity index (χ1) is 18.3. The Labute approximate surface area is 229 Å². The SMILES string of the molecule is CNC(C1CCOCC1)[C@H](O)[C@H](C)NC(=O)N1CCO[C@@H](C(OCCNC(=O)OC)c2cccc(Cl)c2)C1. The molecular weight excluding hydrogens is 516 g/mol. The second kappa shape index (κ2) is 15.4. The lowest BCUT2D eigenvalue weighted by molar-refractivity contribution is -0.105. The number of nitrogens with zero attached hydrogens (tertiary/aromatic N) is 1. The van der Waals surface area contributed by atoms with Gasteiger partial charge in [-0.25, -0.2) is 9.59 Å². The second-order valence-electron chi connectivity index (χ2n) is 9.61. The zero-order valence-electron chi connectivity index (χ0n) is 22.4. The highest BCUT2D eigenvalue weighted by atomic mass is 35.5. The van der Waals surface area contributed by atoms with Gasteiger partial charge in [0.15, 0.2) is 0 Å². The van der Waals surface area contributed by atoms with Crippen molar-refractivity contribution in [1.29, 1.82) is 0 Å². The summed E-state index contributed by atoms with van der Waals surface area (Å²) in [6, 6.07) is 6.40. The van der Waals surface area contributed by atoms with Crippen molar-refractivity contribution in [1.82, 2.24) is 20.9 Å². The first-order valence-electron chi connectivity index (χ1n) is 13.1. The van der Waals surface area contributed by atoms with Crippen molar-refractivity contribution in [3.8, 4) is 0 Å². The Balaban J connectivity index is 1.62. The largest absolute Gasteiger partial charge is 0.453 e. The van der Waals surface area contributed by atoms with Gasteiger partial charge in [0.05, 0.1) is 39.0 Å². The molecule has 0 aromatic heterocycles. The number of amides is 3. The molecule has 12 heteroatoms. The predicted octanol–water partition coefficient (Wildman–Crippen LogP) is 1.93. The van der Waals surface area contributed by atoms with Gasteiger partial charge in [0.25, 0.3) is 0 Å². The molecule has 214 valence electrons. The molecule has 3 rings (SSSR count). The van der Waals surface area contributed by atoms with Crippen LogP contribution in [0.2, 0.25) is 5.02 Å². The molecule has 0 aliphatic carbocycles. The molecule has 0 radical (unpaired) electrons. The minimum atomic E-state index is -0.756. The second-order valence-corrected chi connectivity index (χ2v) is 10.0. The van der Waals surface area contributed by atoms with Crippen LogP contribution in [0.15, 0.2) is 24.3 Å². The number of rotatable bonds is 11. The fraction of sp³-hybridized carbons (Fsp3) is 0.692. The topological polar surface area (TPSA) is 131 Å². The molecule has 0 bridgehead atoms. The van der Waals surface area contributed by atoms with E-state index in [0.29, 0.717) is 31.4 Å². The molecule has 2 saturated heterocycles. The van der Waals surface area contributed by atoms with Gasteiger partial charge in [0.1, 0.15) is 12.2 Å². The zero-order chi connectivity index (χ0) is 27.5. The average molecular weight is 557 g/mol. The molecule has 2 aliphatic rings. The van der Waals surface area contributed by atoms with E-state index in [0.717, 1.165) is 18.4 Å². The molecule has 2 unspecified atom stereocenters. The van der Waals surface area contributed by atoms with Crippen LogP contribution in [-0.4, -0.2) is 107 Å². The first kappa shape index (κ1) is 30.4. The summed E-state index contributed by atoms with van der Waals surface area (Å²) in [7, 11) is 3.13. The minimum absolute atomic E-state index is 0.147. The Kier molecular flexibility index (Phi) is 12.4. The van der Waals surface area contributed by atoms with Crippen molar-refractivity contribution < 1.29 is 33.6 Å². The number of carbonyl (C=O) groups is 2. The molecule has 5 atom stereocenters. The van der Waals surface area contributed by atoms with E-state index in [2.05, 4.69) is 20.7 Å². The van der Waals surface area contributed by atoms with Crippen LogP contribution in [0.5, 0.6) is 0 Å². The fourth-order valence-electron chi connectivity index (χ4n) is 5.00. The molecule has 0 saturated carbocycles. The van der Waals surface area contributed by atoms with Gasteiger partial charge in [0.2, 0.25) is 0 Å². The van der Waals surface area contributed by atoms with Crippen LogP contribution in [0, 0.1) is 5.92 Å². The van der Waals surface area contributed by atoms with Crippen molar-refractivity contribution in [2.24, 2.45) is 5.92 Å². The molecule has 11 nitrogen and oxygen atoms in total. The lowest BCUT2D eigenvalue weighted by atomic mass is 9.86. The summed E-state index contributed by atoms with van der Waals surface area (Å²) in [4.78, 5) is 26.3. The summed E-state index contributed by atoms with van der Waals surface area (Å²) in [5.41, 5.74) is 0.806. The van der Waals surface area contributed by atoms with Crippen LogP contribution in [0.25, 0.3) is 0 Å². The van der Waals surface area contributed by atoms with Gasteiger partial charge in [-0.2, -0.15) is 0 Å². The van der Waals surface area contributed by atoms with E-state index >= 15 is 0 Å². The third-order valence-corrected chi connectivity index (χ3v) is 7.32. The normalized spacial score (nSPS) is 21.7. The third-order valence-electron chi connectivity index (χ3n) is 7.09. The highest BCUT2D eigenvalue weighted by molar-refractivity contribution is 6.30. The number of benzene rings is 1. The lowest BCUT2D eigenvalue weighted by Crippen LogP contribution is -2.58. The van der Waals surface area contributed by atoms with Gasteiger partial charge in [-0.15, -0.1) is 0 Å². The van der Waals surface area contributed by atoms with Crippen molar-refractivity contribution in [3.63, 3.8) is 0 Å². The number of urea groups is 1. The number of nitrogens with one attached hydrogen (secondary N) is 3. The Bertz CT molecular complexity index is 889. The molecule has 3 amide bonds. The summed E-state index contributed by atoms with van der Waals surface area (Å²) in [6.45, 7) is 4.65. The number of carbonyl (C=O) groups excluding carboxylic acids is 2. The molecule has 0 spiro atoms. The van der Waals surface area contributed by atoms with Crippen molar-refractivity contribution in [3.05, 3.63) is 34.9 Å². The number of morpholine rings is 1. The van der Waals surface area contributed by atoms with E-state index < -0.39 is 30.4 Å². The van der Waals surface area contributed by atoms with Crippen molar-refractivity contribution >= 4 is 23.7 Å². The van der Waals surface area contributed by atoms with Gasteiger partial charge >= 0.3 is 12.1 Å². The maximum absolute atomic E-state index is 13.2. The number of hydrogen-bond donors (Lipinski definition) is 4. The summed E-state index contributed by atoms with van der Waals surface area (Å²) >= 11 is 6.23. The molecule has 1 aromatic carbocycles. The Hall–Kier alpha value is -2.15. The molecule has 2 aliphatic heterocycles. The standard InChI is InChI=1S/C26H41ClN4O7/c1-17(23(32)22(28-2)18-7-11-36-12-8-18)30-25(33)31-10-14-37-21(16-31)24(19-5-4-6-20(27)15-19)38-13-9-29-26(34)35-3/h4-6,15,17-18,21-24,28,32H,7-14,16H2,1-3H3,(H,29,34)(H,30,33)/t17-,21+,22?,23+,24?/m0/s1. The molecule has 2 heterocycles. The molecule has 2 fully saturated rings. The van der Waals surface area contributed by atoms with Gasteiger partial charge < -0.3 is 44.9 Å². The molecule has 1 aromatic rings. The molecule has 38 heavy (non-hydrogen) atoms. The van der Waals surface area contributed by atoms with Crippen LogP contribution in [0.4, 0.5) is 9.59 Å². The van der Waals surface area contributed by atoms with Crippen LogP contribution < -0.4 is 16.0 Å². The maximum Gasteiger partial charge on any atom is 0.406 e. The summed E-state index contributed by atoms with van der Waals surface area (Å²) < 4.78 is 22.2. The van der Waals surface area contributed by atoms with E-state index in [1.807, 2.05) is 26.1 Å². The maximum atomic E-state index is 13.2. The Morgan fingerprint density at radius 2 is 2.03 bits per heavy atom. The number of ether oxygens (including phenoxy) is 4. The summed E-state index contributed by atoms with van der Waals surface area (Å²) in [5, 5.41) is 20.4. The number of alkyl carbamates (subject to hydrolysis) is 1. The third kappa shape index (κ3) is 8.69. The van der Waals surface area contributed by atoms with E-state index in [4.69, 9.17) is 25.8 Å². The van der Waals surface area contributed by atoms with Crippen LogP contribution in [0.3, 0.4) is 0 Å². The number of methoxy groups -OCH3 is 1. The fourth-order valence-corrected chi connectivity index (χ4v) is 5.20. The van der Waals surface area contributed by atoms with Crippen molar-refractivity contribution in [2.45, 2.75) is 50.2 Å². The Morgan fingerprint density at radius 1 is 1.26 bits per heavy atom. The van der Waals surface area contributed by atoms with E-state index in [1.165, 1.54) is 7.11 Å². The Morgan fingerprint density at radius 3 is 2.71 bits per heavy atom. The van der Waals surface area contributed by atoms with E-state index in [-0.39, 0.29) is 37.7 Å². The van der Waals surface area contributed by atoms with Crippen molar-refractivity contribution in [2.75, 3.05) is 60.2 Å². The van der Waals surface area contributed by atoms with Gasteiger partial charge in [-0.05, 0) is 50.4 Å². The number of aliphatic hydroxyl groups is 1. The summed E-state index contributed by atoms with van der Waals surface area (Å²) in [6.07, 6.45) is -0.539. The van der Waals surface area contributed by atoms with Gasteiger partial charge in [-0.3, -0.25) is 0 Å². The summed E-state index contributed by atoms with van der Waals surface area (Å²) in [5.74, 6) is 0.278. The van der Waals surface area contributed by atoms with Crippen LogP contribution >= 0.6 is 11.6 Å². The van der Waals surface area contributed by atoms with E-state index in [1.54, 1.807) is 17.0 Å². The highest BCUT2D eigenvalue weighted by Gasteiger charge is 2.35. The average Bonchev–Trinajstić information content (AvgIpc) is 2.93. The number of aliphatic hydroxyl groups excluding tert-OH is 1. The predicted molar refractivity (Wildman–Crippen MR) is 142 cm³/mol. The zero-order valence-corrected chi connectivity index (χ0v) is 23.1.